The second-order valence-corrected chi connectivity index (χ2v) is 3.65. The fourth-order valence-corrected chi connectivity index (χ4v) is 1.38. The van der Waals surface area contributed by atoms with Gasteiger partial charge in [0.05, 0.1) is 19.2 Å². The number of methoxy groups -OCH3 is 1. The molecule has 0 aliphatic carbocycles. The summed E-state index contributed by atoms with van der Waals surface area (Å²) in [4.78, 5) is 23.8. The first-order valence-corrected chi connectivity index (χ1v) is 5.10. The van der Waals surface area contributed by atoms with Crippen LogP contribution in [0.25, 0.3) is 0 Å². The molecule has 0 aliphatic rings. The van der Waals surface area contributed by atoms with E-state index in [-0.39, 0.29) is 6.07 Å². The lowest BCUT2D eigenvalue weighted by Gasteiger charge is -2.17. The number of halogens is 6. The van der Waals surface area contributed by atoms with Gasteiger partial charge in [-0.3, -0.25) is 9.59 Å². The highest BCUT2D eigenvalue weighted by Gasteiger charge is 2.41. The smallest absolute Gasteiger partial charge is 0.469 e. The maximum absolute atomic E-state index is 12.7. The summed E-state index contributed by atoms with van der Waals surface area (Å²) < 4.78 is 82.1. The van der Waals surface area contributed by atoms with Crippen molar-refractivity contribution < 1.29 is 40.6 Å². The largest absolute Gasteiger partial charge is 0.573 e. The van der Waals surface area contributed by atoms with E-state index in [2.05, 4.69) is 9.47 Å². The first-order chi connectivity index (χ1) is 9.44. The summed E-state index contributed by atoms with van der Waals surface area (Å²) >= 11 is 0. The second kappa shape index (κ2) is 5.66. The van der Waals surface area contributed by atoms with Crippen LogP contribution >= 0.6 is 0 Å². The number of hydrogen-bond donors (Lipinski definition) is 1. The molecule has 0 fully saturated rings. The molecule has 11 heteroatoms. The van der Waals surface area contributed by atoms with Gasteiger partial charge in [0.25, 0.3) is 0 Å². The Kier molecular flexibility index (Phi) is 4.54. The molecule has 0 aromatic carbocycles. The summed E-state index contributed by atoms with van der Waals surface area (Å²) in [6, 6.07) is -0.0954. The van der Waals surface area contributed by atoms with Gasteiger partial charge in [-0.25, -0.2) is 0 Å². The Morgan fingerprint density at radius 3 is 2.24 bits per heavy atom. The predicted octanol–water partition coefficient (Wildman–Crippen LogP) is 2.01. The number of H-pyrrole nitrogens is 1. The zero-order valence-corrected chi connectivity index (χ0v) is 10.2. The predicted molar refractivity (Wildman–Crippen MR) is 54.5 cm³/mol. The SMILES string of the molecule is COC(=O)Cc1[nH]c(=O)cc(C(F)(F)F)c1OC(F)(F)F. The Labute approximate surface area is 112 Å². The van der Waals surface area contributed by atoms with Gasteiger partial charge in [0.2, 0.25) is 5.56 Å². The monoisotopic (exact) mass is 319 g/mol. The summed E-state index contributed by atoms with van der Waals surface area (Å²) in [5, 5.41) is 0. The van der Waals surface area contributed by atoms with E-state index in [1.54, 1.807) is 4.98 Å². The van der Waals surface area contributed by atoms with E-state index in [0.717, 1.165) is 7.11 Å². The molecular formula is C10H7F6NO4. The minimum Gasteiger partial charge on any atom is -0.469 e. The van der Waals surface area contributed by atoms with E-state index < -0.39 is 47.5 Å². The number of aromatic amines is 1. The number of aromatic nitrogens is 1. The van der Waals surface area contributed by atoms with Crippen molar-refractivity contribution in [3.05, 3.63) is 27.7 Å². The minimum absolute atomic E-state index is 0.0954. The highest BCUT2D eigenvalue weighted by molar-refractivity contribution is 5.73. The highest BCUT2D eigenvalue weighted by atomic mass is 19.4. The maximum atomic E-state index is 12.7. The molecular weight excluding hydrogens is 312 g/mol. The summed E-state index contributed by atoms with van der Waals surface area (Å²) in [7, 11) is 0.873. The van der Waals surface area contributed by atoms with Crippen LogP contribution in [0.15, 0.2) is 10.9 Å². The molecule has 0 saturated carbocycles. The lowest BCUT2D eigenvalue weighted by atomic mass is 10.1. The zero-order chi connectivity index (χ0) is 16.4. The molecule has 0 radical (unpaired) electrons. The van der Waals surface area contributed by atoms with E-state index in [1.165, 1.54) is 0 Å². The Hall–Kier alpha value is -2.20. The zero-order valence-electron chi connectivity index (χ0n) is 10.2. The summed E-state index contributed by atoms with van der Waals surface area (Å²) in [6.07, 6.45) is -11.7. The molecule has 0 amide bonds. The van der Waals surface area contributed by atoms with Crippen LogP contribution in [0.3, 0.4) is 0 Å². The summed E-state index contributed by atoms with van der Waals surface area (Å²) in [5.74, 6) is -2.85. The van der Waals surface area contributed by atoms with E-state index in [4.69, 9.17) is 0 Å². The number of rotatable bonds is 3. The van der Waals surface area contributed by atoms with Crippen LogP contribution in [-0.2, 0) is 22.1 Å². The third kappa shape index (κ3) is 4.68. The van der Waals surface area contributed by atoms with Gasteiger partial charge in [-0.15, -0.1) is 13.2 Å². The van der Waals surface area contributed by atoms with Crippen LogP contribution in [0.1, 0.15) is 11.3 Å². The topological polar surface area (TPSA) is 68.4 Å². The van der Waals surface area contributed by atoms with E-state index in [1.807, 2.05) is 0 Å². The number of ether oxygens (including phenoxy) is 2. The van der Waals surface area contributed by atoms with Crippen molar-refractivity contribution in [2.75, 3.05) is 7.11 Å². The minimum atomic E-state index is -5.44. The number of carbonyl (C=O) groups is 1. The van der Waals surface area contributed by atoms with Gasteiger partial charge in [-0.1, -0.05) is 0 Å². The van der Waals surface area contributed by atoms with Crippen LogP contribution in [-0.4, -0.2) is 24.4 Å². The van der Waals surface area contributed by atoms with Gasteiger partial charge in [0.15, 0.2) is 5.75 Å². The van der Waals surface area contributed by atoms with Crippen LogP contribution in [0, 0.1) is 0 Å². The standard InChI is InChI=1S/C10H7F6NO4/c1-20-7(19)3-5-8(21-10(14,15)16)4(9(11,12)13)2-6(18)17-5/h2H,3H2,1H3,(H,17,18). The van der Waals surface area contributed by atoms with E-state index >= 15 is 0 Å². The maximum Gasteiger partial charge on any atom is 0.573 e. The highest BCUT2D eigenvalue weighted by Crippen LogP contribution is 2.39. The summed E-state index contributed by atoms with van der Waals surface area (Å²) in [5.41, 5.74) is -4.27. The fourth-order valence-electron chi connectivity index (χ4n) is 1.38. The number of esters is 1. The Bertz CT molecular complexity index is 589. The average Bonchev–Trinajstić information content (AvgIpc) is 2.29. The molecule has 0 aliphatic heterocycles. The molecule has 0 spiro atoms. The first-order valence-electron chi connectivity index (χ1n) is 5.10. The van der Waals surface area contributed by atoms with Crippen molar-refractivity contribution in [1.29, 1.82) is 0 Å². The van der Waals surface area contributed by atoms with Crippen molar-refractivity contribution in [2.45, 2.75) is 19.0 Å². The van der Waals surface area contributed by atoms with E-state index in [9.17, 15) is 35.9 Å². The number of carbonyl (C=O) groups excluding carboxylic acids is 1. The van der Waals surface area contributed by atoms with Crippen LogP contribution in [0.5, 0.6) is 5.75 Å². The molecule has 5 nitrogen and oxygen atoms in total. The van der Waals surface area contributed by atoms with E-state index in [0.29, 0.717) is 0 Å². The van der Waals surface area contributed by atoms with Crippen molar-refractivity contribution >= 4 is 5.97 Å². The van der Waals surface area contributed by atoms with Crippen LogP contribution in [0.2, 0.25) is 0 Å². The van der Waals surface area contributed by atoms with Crippen molar-refractivity contribution in [3.63, 3.8) is 0 Å². The molecule has 0 atom stereocenters. The van der Waals surface area contributed by atoms with Crippen LogP contribution in [0.4, 0.5) is 26.3 Å². The first kappa shape index (κ1) is 16.9. The molecule has 0 unspecified atom stereocenters. The number of hydrogen-bond acceptors (Lipinski definition) is 4. The van der Waals surface area contributed by atoms with Gasteiger partial charge in [-0.05, 0) is 0 Å². The third-order valence-corrected chi connectivity index (χ3v) is 2.14. The molecule has 1 rings (SSSR count). The fraction of sp³-hybridized carbons (Fsp3) is 0.400. The lowest BCUT2D eigenvalue weighted by molar-refractivity contribution is -0.276. The van der Waals surface area contributed by atoms with Gasteiger partial charge in [0, 0.05) is 6.07 Å². The Balaban J connectivity index is 3.50. The molecule has 0 bridgehead atoms. The Morgan fingerprint density at radius 1 is 1.24 bits per heavy atom. The molecule has 1 heterocycles. The van der Waals surface area contributed by atoms with Crippen LogP contribution < -0.4 is 10.3 Å². The van der Waals surface area contributed by atoms with Crippen molar-refractivity contribution in [3.8, 4) is 5.75 Å². The van der Waals surface area contributed by atoms with Gasteiger partial charge in [0.1, 0.15) is 5.56 Å². The van der Waals surface area contributed by atoms with Gasteiger partial charge >= 0.3 is 18.5 Å². The third-order valence-electron chi connectivity index (χ3n) is 2.14. The molecule has 118 valence electrons. The molecule has 1 aromatic heterocycles. The molecule has 1 aromatic rings. The Morgan fingerprint density at radius 2 is 1.81 bits per heavy atom. The number of pyridine rings is 1. The molecule has 0 saturated heterocycles. The van der Waals surface area contributed by atoms with Crippen molar-refractivity contribution in [1.82, 2.24) is 4.98 Å². The lowest BCUT2D eigenvalue weighted by Crippen LogP contribution is -2.25. The number of alkyl halides is 6. The van der Waals surface area contributed by atoms with Gasteiger partial charge in [-0.2, -0.15) is 13.2 Å². The quantitative estimate of drug-likeness (QED) is 0.683. The summed E-state index contributed by atoms with van der Waals surface area (Å²) in [6.45, 7) is 0. The van der Waals surface area contributed by atoms with Crippen molar-refractivity contribution in [2.24, 2.45) is 0 Å². The second-order valence-electron chi connectivity index (χ2n) is 3.65. The molecule has 1 N–H and O–H groups in total. The molecule has 21 heavy (non-hydrogen) atoms. The van der Waals surface area contributed by atoms with Gasteiger partial charge < -0.3 is 14.5 Å². The number of nitrogens with one attached hydrogen (secondary N) is 1. The average molecular weight is 319 g/mol. The normalized spacial score (nSPS) is 12.1.